The van der Waals surface area contributed by atoms with Gasteiger partial charge in [0, 0.05) is 11.8 Å². The van der Waals surface area contributed by atoms with Gasteiger partial charge in [0.05, 0.1) is 11.1 Å². The first-order valence-electron chi connectivity index (χ1n) is 6.09. The second-order valence-electron chi connectivity index (χ2n) is 4.67. The number of anilines is 1. The van der Waals surface area contributed by atoms with Gasteiger partial charge in [0.15, 0.2) is 0 Å². The molecule has 94 valence electrons. The first-order chi connectivity index (χ1) is 8.22. The van der Waals surface area contributed by atoms with Gasteiger partial charge in [0.1, 0.15) is 5.82 Å². The number of hydrogen-bond donors (Lipinski definition) is 3. The van der Waals surface area contributed by atoms with Crippen molar-refractivity contribution in [3.63, 3.8) is 0 Å². The number of aromatic nitrogens is 1. The summed E-state index contributed by atoms with van der Waals surface area (Å²) in [4.78, 5) is 4.09. The molecule has 1 aliphatic carbocycles. The van der Waals surface area contributed by atoms with Crippen molar-refractivity contribution >= 4 is 17.4 Å². The van der Waals surface area contributed by atoms with Crippen LogP contribution in [0.4, 0.5) is 5.82 Å². The van der Waals surface area contributed by atoms with E-state index in [2.05, 4.69) is 10.4 Å². The van der Waals surface area contributed by atoms with Crippen LogP contribution < -0.4 is 17.0 Å². The van der Waals surface area contributed by atoms with E-state index >= 15 is 0 Å². The highest BCUT2D eigenvalue weighted by atomic mass is 35.5. The zero-order chi connectivity index (χ0) is 12.3. The number of nitrogen functional groups attached to an aromatic ring is 1. The molecule has 5 heteroatoms. The molecule has 0 aromatic carbocycles. The van der Waals surface area contributed by atoms with Crippen LogP contribution in [0.5, 0.6) is 0 Å². The van der Waals surface area contributed by atoms with Crippen LogP contribution in [0.15, 0.2) is 12.3 Å². The Morgan fingerprint density at radius 2 is 2.06 bits per heavy atom. The highest BCUT2D eigenvalue weighted by molar-refractivity contribution is 6.30. The number of hydrogen-bond acceptors (Lipinski definition) is 4. The van der Waals surface area contributed by atoms with E-state index < -0.39 is 0 Å². The Hall–Kier alpha value is -0.840. The molecule has 4 nitrogen and oxygen atoms in total. The lowest BCUT2D eigenvalue weighted by Gasteiger charge is -2.30. The van der Waals surface area contributed by atoms with Crippen molar-refractivity contribution in [2.24, 2.45) is 11.8 Å². The molecular formula is C12H19ClN4. The molecule has 1 aliphatic rings. The normalized spacial score (nSPS) is 19.2. The van der Waals surface area contributed by atoms with E-state index in [0.29, 0.717) is 16.8 Å². The van der Waals surface area contributed by atoms with E-state index in [-0.39, 0.29) is 6.04 Å². The lowest BCUT2D eigenvalue weighted by molar-refractivity contribution is 0.274. The number of nitrogens with two attached hydrogens (primary N) is 2. The third kappa shape index (κ3) is 2.89. The van der Waals surface area contributed by atoms with Gasteiger partial charge in [-0.25, -0.2) is 4.98 Å². The summed E-state index contributed by atoms with van der Waals surface area (Å²) >= 11 is 5.97. The molecule has 1 atom stereocenters. The summed E-state index contributed by atoms with van der Waals surface area (Å²) in [6.45, 7) is 0. The summed E-state index contributed by atoms with van der Waals surface area (Å²) in [6, 6.07) is 1.92. The topological polar surface area (TPSA) is 77.0 Å². The average Bonchev–Trinajstić information content (AvgIpc) is 2.36. The molecule has 2 rings (SSSR count). The van der Waals surface area contributed by atoms with E-state index in [9.17, 15) is 0 Å². The Bertz CT molecular complexity index is 377. The number of nitrogens with zero attached hydrogens (tertiary/aromatic N) is 1. The summed E-state index contributed by atoms with van der Waals surface area (Å²) in [5, 5.41) is 0.602. The van der Waals surface area contributed by atoms with Gasteiger partial charge in [-0.3, -0.25) is 11.3 Å². The molecule has 5 N–H and O–H groups in total. The first kappa shape index (κ1) is 12.6. The summed E-state index contributed by atoms with van der Waals surface area (Å²) in [7, 11) is 0. The molecule has 0 saturated heterocycles. The predicted molar refractivity (Wildman–Crippen MR) is 70.3 cm³/mol. The molecule has 1 heterocycles. The van der Waals surface area contributed by atoms with Gasteiger partial charge < -0.3 is 5.73 Å². The van der Waals surface area contributed by atoms with Gasteiger partial charge in [-0.2, -0.15) is 0 Å². The number of halogens is 1. The maximum atomic E-state index is 5.97. The zero-order valence-corrected chi connectivity index (χ0v) is 10.6. The molecule has 0 spiro atoms. The van der Waals surface area contributed by atoms with E-state index in [0.717, 1.165) is 5.56 Å². The first-order valence-corrected chi connectivity index (χ1v) is 6.47. The smallest absolute Gasteiger partial charge is 0.128 e. The van der Waals surface area contributed by atoms with Crippen LogP contribution in [0.25, 0.3) is 0 Å². The summed E-state index contributed by atoms with van der Waals surface area (Å²) in [6.07, 6.45) is 7.76. The largest absolute Gasteiger partial charge is 0.383 e. The Labute approximate surface area is 107 Å². The third-order valence-corrected chi connectivity index (χ3v) is 3.76. The number of rotatable bonds is 3. The molecule has 1 unspecified atom stereocenters. The van der Waals surface area contributed by atoms with Crippen molar-refractivity contribution in [1.82, 2.24) is 10.4 Å². The van der Waals surface area contributed by atoms with Crippen molar-refractivity contribution < 1.29 is 0 Å². The molecular weight excluding hydrogens is 236 g/mol. The van der Waals surface area contributed by atoms with E-state index in [1.165, 1.54) is 32.1 Å². The molecule has 0 aliphatic heterocycles. The zero-order valence-electron chi connectivity index (χ0n) is 9.82. The standard InChI is InChI=1S/C12H19ClN4/c13-9-6-10(12(14)16-7-9)11(17-15)8-4-2-1-3-5-8/h6-8,11,17H,1-5,15H2,(H2,14,16). The number of hydrazine groups is 1. The van der Waals surface area contributed by atoms with Crippen molar-refractivity contribution in [2.45, 2.75) is 38.1 Å². The molecule has 0 bridgehead atoms. The van der Waals surface area contributed by atoms with E-state index in [4.69, 9.17) is 23.2 Å². The quantitative estimate of drug-likeness (QED) is 0.572. The second-order valence-corrected chi connectivity index (χ2v) is 5.11. The van der Waals surface area contributed by atoms with Gasteiger partial charge in [-0.05, 0) is 24.8 Å². The third-order valence-electron chi connectivity index (χ3n) is 3.55. The minimum absolute atomic E-state index is 0.0569. The summed E-state index contributed by atoms with van der Waals surface area (Å²) < 4.78 is 0. The van der Waals surface area contributed by atoms with Crippen LogP contribution in [-0.4, -0.2) is 4.98 Å². The van der Waals surface area contributed by atoms with Gasteiger partial charge in [-0.1, -0.05) is 30.9 Å². The maximum absolute atomic E-state index is 5.97. The molecule has 17 heavy (non-hydrogen) atoms. The average molecular weight is 255 g/mol. The highest BCUT2D eigenvalue weighted by Gasteiger charge is 2.26. The van der Waals surface area contributed by atoms with Gasteiger partial charge in [-0.15, -0.1) is 0 Å². The van der Waals surface area contributed by atoms with Crippen LogP contribution in [0.1, 0.15) is 43.7 Å². The summed E-state index contributed by atoms with van der Waals surface area (Å²) in [5.41, 5.74) is 9.71. The SMILES string of the molecule is NNC(c1cc(Cl)cnc1N)C1CCCCC1. The Morgan fingerprint density at radius 1 is 1.35 bits per heavy atom. The molecule has 0 amide bonds. The fourth-order valence-electron chi connectivity index (χ4n) is 2.66. The molecule has 1 saturated carbocycles. The Kier molecular flexibility index (Phi) is 4.20. The Balaban J connectivity index is 2.24. The molecule has 1 aromatic heterocycles. The minimum atomic E-state index is 0.0569. The lowest BCUT2D eigenvalue weighted by Crippen LogP contribution is -2.35. The fraction of sp³-hybridized carbons (Fsp3) is 0.583. The van der Waals surface area contributed by atoms with Gasteiger partial charge in [0.2, 0.25) is 0 Å². The minimum Gasteiger partial charge on any atom is -0.383 e. The van der Waals surface area contributed by atoms with Crippen molar-refractivity contribution in [2.75, 3.05) is 5.73 Å². The highest BCUT2D eigenvalue weighted by Crippen LogP contribution is 2.36. The lowest BCUT2D eigenvalue weighted by atomic mass is 9.81. The van der Waals surface area contributed by atoms with Crippen LogP contribution in [0.2, 0.25) is 5.02 Å². The number of nitrogens with one attached hydrogen (secondary N) is 1. The van der Waals surface area contributed by atoms with Crippen molar-refractivity contribution in [1.29, 1.82) is 0 Å². The Morgan fingerprint density at radius 3 is 2.71 bits per heavy atom. The van der Waals surface area contributed by atoms with Crippen molar-refractivity contribution in [3.05, 3.63) is 22.8 Å². The molecule has 1 fully saturated rings. The molecule has 0 radical (unpaired) electrons. The predicted octanol–water partition coefficient (Wildman–Crippen LogP) is 2.40. The van der Waals surface area contributed by atoms with Crippen molar-refractivity contribution in [3.8, 4) is 0 Å². The van der Waals surface area contributed by atoms with Crippen LogP contribution >= 0.6 is 11.6 Å². The van der Waals surface area contributed by atoms with E-state index in [1.54, 1.807) is 6.20 Å². The van der Waals surface area contributed by atoms with Gasteiger partial charge >= 0.3 is 0 Å². The van der Waals surface area contributed by atoms with E-state index in [1.807, 2.05) is 6.07 Å². The number of pyridine rings is 1. The van der Waals surface area contributed by atoms with Crippen LogP contribution in [0.3, 0.4) is 0 Å². The summed E-state index contributed by atoms with van der Waals surface area (Å²) in [5.74, 6) is 6.72. The molecule has 1 aromatic rings. The van der Waals surface area contributed by atoms with Crippen LogP contribution in [-0.2, 0) is 0 Å². The monoisotopic (exact) mass is 254 g/mol. The van der Waals surface area contributed by atoms with Crippen LogP contribution in [0, 0.1) is 5.92 Å². The maximum Gasteiger partial charge on any atom is 0.128 e. The van der Waals surface area contributed by atoms with Gasteiger partial charge in [0.25, 0.3) is 0 Å². The fourth-order valence-corrected chi connectivity index (χ4v) is 2.83. The second kappa shape index (κ2) is 5.67.